The highest BCUT2D eigenvalue weighted by Crippen LogP contribution is 2.25. The van der Waals surface area contributed by atoms with Crippen LogP contribution in [0, 0.1) is 0 Å². The lowest BCUT2D eigenvalue weighted by molar-refractivity contribution is -0.141. The molecule has 14 heteroatoms. The molecular weight excluding hydrogens is 550 g/mol. The van der Waals surface area contributed by atoms with E-state index in [4.69, 9.17) is 4.74 Å². The number of hydrogen-bond acceptors (Lipinski definition) is 8. The van der Waals surface area contributed by atoms with Gasteiger partial charge in [-0.05, 0) is 38.3 Å². The number of carboxylic acid groups (broad SMARTS) is 2. The van der Waals surface area contributed by atoms with Crippen LogP contribution in [0.2, 0.25) is 0 Å². The van der Waals surface area contributed by atoms with Gasteiger partial charge in [0.1, 0.15) is 17.8 Å². The van der Waals surface area contributed by atoms with E-state index in [0.29, 0.717) is 23.7 Å². The molecule has 3 heterocycles. The number of amides is 4. The van der Waals surface area contributed by atoms with Gasteiger partial charge in [0.05, 0.1) is 17.7 Å². The van der Waals surface area contributed by atoms with Gasteiger partial charge in [0.15, 0.2) is 0 Å². The maximum atomic E-state index is 13.5. The maximum Gasteiger partial charge on any atom is 0.409 e. The summed E-state index contributed by atoms with van der Waals surface area (Å²) >= 11 is 0. The van der Waals surface area contributed by atoms with E-state index in [9.17, 15) is 39.0 Å². The van der Waals surface area contributed by atoms with E-state index in [1.54, 1.807) is 31.2 Å². The largest absolute Gasteiger partial charge is 0.481 e. The molecule has 0 saturated carbocycles. The van der Waals surface area contributed by atoms with Crippen molar-refractivity contribution in [3.63, 3.8) is 0 Å². The second-order valence-corrected chi connectivity index (χ2v) is 10.0. The normalized spacial score (nSPS) is 17.5. The van der Waals surface area contributed by atoms with Crippen LogP contribution in [-0.2, 0) is 19.1 Å². The Hall–Kier alpha value is -4.75. The number of ether oxygens (including phenoxy) is 1. The van der Waals surface area contributed by atoms with E-state index in [1.165, 1.54) is 20.8 Å². The Labute approximate surface area is 241 Å². The molecule has 2 aliphatic heterocycles. The van der Waals surface area contributed by atoms with Gasteiger partial charge in [-0.25, -0.2) is 14.6 Å². The average molecular weight is 584 g/mol. The summed E-state index contributed by atoms with van der Waals surface area (Å²) in [5.74, 6) is -4.11. The summed E-state index contributed by atoms with van der Waals surface area (Å²) < 4.78 is 5.00. The zero-order valence-electron chi connectivity index (χ0n) is 23.2. The molecule has 3 N–H and O–H groups in total. The maximum absolute atomic E-state index is 13.5. The highest BCUT2D eigenvalue weighted by molar-refractivity contribution is 6.09. The third kappa shape index (κ3) is 6.75. The van der Waals surface area contributed by atoms with Crippen molar-refractivity contribution in [3.8, 4) is 0 Å². The first-order valence-corrected chi connectivity index (χ1v) is 13.8. The molecule has 1 aromatic carbocycles. The van der Waals surface area contributed by atoms with Gasteiger partial charge in [0.2, 0.25) is 5.91 Å². The third-order valence-corrected chi connectivity index (χ3v) is 7.35. The summed E-state index contributed by atoms with van der Waals surface area (Å²) in [5.41, 5.74) is 0.244. The molecule has 2 atom stereocenters. The number of carbonyl (C=O) groups is 6. The fourth-order valence-corrected chi connectivity index (χ4v) is 5.19. The fraction of sp³-hybridized carbons (Fsp3) is 0.464. The molecule has 0 radical (unpaired) electrons. The van der Waals surface area contributed by atoms with Crippen molar-refractivity contribution in [3.05, 3.63) is 41.6 Å². The SMILES string of the molecule is CCOC(=O)N1CCN(C(=O)C(CCC(=O)O)NC(=O)c2cc(C(=O)N3CCC[C@H]3C(=O)O)c3ccccc3n2)CC1. The standard InChI is InChI=1S/C28H33N5O9/c1-2-42-28(41)32-14-12-31(13-15-32)26(38)20(9-10-23(34)35)30-24(36)21-16-18(17-6-3-4-7-19(17)29-21)25(37)33-11-5-8-22(33)27(39)40/h3-4,6-7,16,20,22H,2,5,8-15H2,1H3,(H,30,36)(H,34,35)(H,39,40)/t20?,22-/m0/s1. The summed E-state index contributed by atoms with van der Waals surface area (Å²) in [7, 11) is 0. The van der Waals surface area contributed by atoms with Crippen molar-refractivity contribution < 1.29 is 43.7 Å². The van der Waals surface area contributed by atoms with Crippen molar-refractivity contribution in [2.45, 2.75) is 44.7 Å². The van der Waals surface area contributed by atoms with Crippen LogP contribution in [0.25, 0.3) is 10.9 Å². The van der Waals surface area contributed by atoms with E-state index in [2.05, 4.69) is 10.3 Å². The van der Waals surface area contributed by atoms with Gasteiger partial charge in [-0.15, -0.1) is 0 Å². The van der Waals surface area contributed by atoms with E-state index >= 15 is 0 Å². The molecule has 0 spiro atoms. The molecule has 2 fully saturated rings. The second-order valence-electron chi connectivity index (χ2n) is 10.0. The number of para-hydroxylation sites is 1. The first kappa shape index (κ1) is 30.2. The summed E-state index contributed by atoms with van der Waals surface area (Å²) in [6.07, 6.45) is -0.221. The van der Waals surface area contributed by atoms with E-state index in [-0.39, 0.29) is 63.4 Å². The predicted molar refractivity (Wildman–Crippen MR) is 147 cm³/mol. The quantitative estimate of drug-likeness (QED) is 0.387. The summed E-state index contributed by atoms with van der Waals surface area (Å²) in [6, 6.07) is 5.72. The summed E-state index contributed by atoms with van der Waals surface area (Å²) in [6.45, 7) is 2.94. The molecule has 224 valence electrons. The molecule has 4 amide bonds. The van der Waals surface area contributed by atoms with Gasteiger partial charge < -0.3 is 35.0 Å². The smallest absolute Gasteiger partial charge is 0.409 e. The Morgan fingerprint density at radius 1 is 1.02 bits per heavy atom. The van der Waals surface area contributed by atoms with Gasteiger partial charge in [0, 0.05) is 44.5 Å². The molecule has 42 heavy (non-hydrogen) atoms. The lowest BCUT2D eigenvalue weighted by Crippen LogP contribution is -2.56. The number of nitrogens with zero attached hydrogens (tertiary/aromatic N) is 4. The van der Waals surface area contributed by atoms with Crippen LogP contribution in [0.3, 0.4) is 0 Å². The van der Waals surface area contributed by atoms with Crippen LogP contribution < -0.4 is 5.32 Å². The van der Waals surface area contributed by atoms with Crippen LogP contribution in [0.15, 0.2) is 30.3 Å². The molecule has 2 aromatic rings. The predicted octanol–water partition coefficient (Wildman–Crippen LogP) is 1.19. The van der Waals surface area contributed by atoms with Crippen molar-refractivity contribution in [1.82, 2.24) is 25.0 Å². The first-order chi connectivity index (χ1) is 20.1. The summed E-state index contributed by atoms with van der Waals surface area (Å²) in [5, 5.41) is 21.8. The molecule has 1 unspecified atom stereocenters. The number of aromatic nitrogens is 1. The number of fused-ring (bicyclic) bond motifs is 1. The van der Waals surface area contributed by atoms with Gasteiger partial charge in [-0.1, -0.05) is 18.2 Å². The van der Waals surface area contributed by atoms with E-state index in [0.717, 1.165) is 0 Å². The van der Waals surface area contributed by atoms with Crippen molar-refractivity contribution in [2.75, 3.05) is 39.3 Å². The topological polar surface area (TPSA) is 187 Å². The van der Waals surface area contributed by atoms with Gasteiger partial charge >= 0.3 is 18.0 Å². The summed E-state index contributed by atoms with van der Waals surface area (Å²) in [4.78, 5) is 83.9. The Bertz CT molecular complexity index is 1390. The molecule has 0 bridgehead atoms. The zero-order chi connectivity index (χ0) is 30.4. The monoisotopic (exact) mass is 583 g/mol. The minimum Gasteiger partial charge on any atom is -0.481 e. The molecular formula is C28H33N5O9. The lowest BCUT2D eigenvalue weighted by Gasteiger charge is -2.35. The highest BCUT2D eigenvalue weighted by Gasteiger charge is 2.36. The van der Waals surface area contributed by atoms with Crippen LogP contribution in [0.1, 0.15) is 53.5 Å². The molecule has 4 rings (SSSR count). The van der Waals surface area contributed by atoms with Gasteiger partial charge in [0.25, 0.3) is 11.8 Å². The van der Waals surface area contributed by atoms with Crippen LogP contribution >= 0.6 is 0 Å². The van der Waals surface area contributed by atoms with Gasteiger partial charge in [-0.3, -0.25) is 19.2 Å². The second kappa shape index (κ2) is 13.3. The van der Waals surface area contributed by atoms with E-state index in [1.807, 2.05) is 0 Å². The number of rotatable bonds is 9. The first-order valence-electron chi connectivity index (χ1n) is 13.8. The van der Waals surface area contributed by atoms with Crippen molar-refractivity contribution in [1.29, 1.82) is 0 Å². The Balaban J connectivity index is 1.57. The van der Waals surface area contributed by atoms with Crippen LogP contribution in [-0.4, -0.2) is 117 Å². The van der Waals surface area contributed by atoms with E-state index < -0.39 is 47.8 Å². The van der Waals surface area contributed by atoms with Gasteiger partial charge in [-0.2, -0.15) is 0 Å². The number of aliphatic carboxylic acids is 2. The molecule has 0 aliphatic carbocycles. The number of nitrogens with one attached hydrogen (secondary N) is 1. The van der Waals surface area contributed by atoms with Crippen LogP contribution in [0.4, 0.5) is 4.79 Å². The molecule has 2 aliphatic rings. The minimum absolute atomic E-state index is 0.0994. The fourth-order valence-electron chi connectivity index (χ4n) is 5.19. The van der Waals surface area contributed by atoms with Crippen molar-refractivity contribution in [2.24, 2.45) is 0 Å². The average Bonchev–Trinajstić information content (AvgIpc) is 3.48. The van der Waals surface area contributed by atoms with Crippen LogP contribution in [0.5, 0.6) is 0 Å². The number of carboxylic acids is 2. The number of piperazine rings is 1. The molecule has 14 nitrogen and oxygen atoms in total. The minimum atomic E-state index is -1.20. The number of carbonyl (C=O) groups excluding carboxylic acids is 4. The Kier molecular flexibility index (Phi) is 9.55. The molecule has 2 saturated heterocycles. The number of benzene rings is 1. The Morgan fingerprint density at radius 2 is 1.71 bits per heavy atom. The lowest BCUT2D eigenvalue weighted by atomic mass is 10.0. The number of likely N-dealkylation sites (tertiary alicyclic amines) is 1. The molecule has 1 aromatic heterocycles. The number of hydrogen-bond donors (Lipinski definition) is 3. The number of pyridine rings is 1. The highest BCUT2D eigenvalue weighted by atomic mass is 16.6. The zero-order valence-corrected chi connectivity index (χ0v) is 23.2. The Morgan fingerprint density at radius 3 is 2.38 bits per heavy atom. The third-order valence-electron chi connectivity index (χ3n) is 7.35. The van der Waals surface area contributed by atoms with Crippen molar-refractivity contribution >= 4 is 46.7 Å².